The summed E-state index contributed by atoms with van der Waals surface area (Å²) in [6.45, 7) is 1.88. The second-order valence-electron chi connectivity index (χ2n) is 3.93. The number of hydrogen-bond acceptors (Lipinski definition) is 4. The minimum atomic E-state index is -0.738. The van der Waals surface area contributed by atoms with Crippen molar-refractivity contribution in [3.63, 3.8) is 0 Å². The standard InChI is InChI=1S/C14H18O4/c1-10(13(15)8-9-14(16)18-3)11-4-6-12(17-2)7-5-11/h4-10,13,15H,1-3H3/b9-8+/t10-,13-/m1/s1. The SMILES string of the molecule is COC(=O)/C=C/[C@@H](O)[C@H](C)c1ccc(OC)cc1. The fourth-order valence-electron chi connectivity index (χ4n) is 1.52. The number of aliphatic hydroxyl groups excluding tert-OH is 1. The van der Waals surface area contributed by atoms with Gasteiger partial charge >= 0.3 is 5.97 Å². The van der Waals surface area contributed by atoms with Crippen LogP contribution in [0.15, 0.2) is 36.4 Å². The summed E-state index contributed by atoms with van der Waals surface area (Å²) in [5.74, 6) is 0.179. The Bertz CT molecular complexity index is 408. The molecule has 2 atom stereocenters. The highest BCUT2D eigenvalue weighted by Gasteiger charge is 2.13. The first kappa shape index (κ1) is 14.3. The monoisotopic (exact) mass is 250 g/mol. The number of benzene rings is 1. The van der Waals surface area contributed by atoms with Crippen molar-refractivity contribution < 1.29 is 19.4 Å². The maximum atomic E-state index is 10.9. The van der Waals surface area contributed by atoms with Crippen LogP contribution in [0.1, 0.15) is 18.4 Å². The second-order valence-corrected chi connectivity index (χ2v) is 3.93. The minimum Gasteiger partial charge on any atom is -0.497 e. The third-order valence-corrected chi connectivity index (χ3v) is 2.78. The molecule has 0 aliphatic rings. The molecule has 0 saturated heterocycles. The molecular formula is C14H18O4. The number of carbonyl (C=O) groups excluding carboxylic acids is 1. The molecule has 0 unspecified atom stereocenters. The summed E-state index contributed by atoms with van der Waals surface area (Å²) in [5, 5.41) is 9.92. The van der Waals surface area contributed by atoms with E-state index < -0.39 is 12.1 Å². The van der Waals surface area contributed by atoms with E-state index in [0.717, 1.165) is 11.3 Å². The van der Waals surface area contributed by atoms with E-state index >= 15 is 0 Å². The Labute approximate surface area is 107 Å². The zero-order valence-electron chi connectivity index (χ0n) is 10.8. The summed E-state index contributed by atoms with van der Waals surface area (Å²) in [7, 11) is 2.90. The van der Waals surface area contributed by atoms with Crippen molar-refractivity contribution in [3.8, 4) is 5.75 Å². The predicted molar refractivity (Wildman–Crippen MR) is 68.6 cm³/mol. The summed E-state index contributed by atoms with van der Waals surface area (Å²) in [6, 6.07) is 7.45. The molecule has 4 heteroatoms. The summed E-state index contributed by atoms with van der Waals surface area (Å²) in [6.07, 6.45) is 1.92. The molecule has 0 spiro atoms. The largest absolute Gasteiger partial charge is 0.497 e. The molecule has 0 amide bonds. The molecular weight excluding hydrogens is 232 g/mol. The number of aliphatic hydroxyl groups is 1. The number of rotatable bonds is 5. The molecule has 0 aromatic heterocycles. The smallest absolute Gasteiger partial charge is 0.330 e. The van der Waals surface area contributed by atoms with E-state index in [1.165, 1.54) is 19.3 Å². The zero-order valence-corrected chi connectivity index (χ0v) is 10.8. The van der Waals surface area contributed by atoms with Crippen molar-refractivity contribution >= 4 is 5.97 Å². The van der Waals surface area contributed by atoms with Gasteiger partial charge in [0.2, 0.25) is 0 Å². The highest BCUT2D eigenvalue weighted by molar-refractivity contribution is 5.81. The normalized spacial score (nSPS) is 14.2. The molecule has 98 valence electrons. The molecule has 1 rings (SSSR count). The van der Waals surface area contributed by atoms with Crippen molar-refractivity contribution in [2.45, 2.75) is 18.9 Å². The molecule has 0 radical (unpaired) electrons. The lowest BCUT2D eigenvalue weighted by Crippen LogP contribution is -2.13. The molecule has 18 heavy (non-hydrogen) atoms. The number of methoxy groups -OCH3 is 2. The fourth-order valence-corrected chi connectivity index (χ4v) is 1.52. The average molecular weight is 250 g/mol. The summed E-state index contributed by atoms with van der Waals surface area (Å²) < 4.78 is 9.53. The van der Waals surface area contributed by atoms with Gasteiger partial charge in [0.15, 0.2) is 0 Å². The van der Waals surface area contributed by atoms with E-state index in [1.54, 1.807) is 7.11 Å². The van der Waals surface area contributed by atoms with Crippen LogP contribution in [-0.2, 0) is 9.53 Å². The van der Waals surface area contributed by atoms with Gasteiger partial charge in [-0.1, -0.05) is 19.1 Å². The quantitative estimate of drug-likeness (QED) is 0.640. The fraction of sp³-hybridized carbons (Fsp3) is 0.357. The van der Waals surface area contributed by atoms with Crippen LogP contribution in [0.4, 0.5) is 0 Å². The Morgan fingerprint density at radius 3 is 2.39 bits per heavy atom. The van der Waals surface area contributed by atoms with Gasteiger partial charge in [-0.05, 0) is 23.8 Å². The Balaban J connectivity index is 2.70. The maximum absolute atomic E-state index is 10.9. The Morgan fingerprint density at radius 1 is 1.28 bits per heavy atom. The number of esters is 1. The second kappa shape index (κ2) is 6.81. The summed E-state index contributed by atoms with van der Waals surface area (Å²) >= 11 is 0. The minimum absolute atomic E-state index is 0.114. The molecule has 0 aliphatic heterocycles. The zero-order chi connectivity index (χ0) is 13.5. The van der Waals surface area contributed by atoms with Gasteiger partial charge in [-0.2, -0.15) is 0 Å². The highest BCUT2D eigenvalue weighted by atomic mass is 16.5. The lowest BCUT2D eigenvalue weighted by molar-refractivity contribution is -0.134. The molecule has 0 aliphatic carbocycles. The van der Waals surface area contributed by atoms with E-state index in [2.05, 4.69) is 4.74 Å². The van der Waals surface area contributed by atoms with Crippen molar-refractivity contribution in [1.82, 2.24) is 0 Å². The van der Waals surface area contributed by atoms with Crippen LogP contribution in [0.25, 0.3) is 0 Å². The van der Waals surface area contributed by atoms with E-state index in [-0.39, 0.29) is 5.92 Å². The predicted octanol–water partition coefficient (Wildman–Crippen LogP) is 1.89. The Kier molecular flexibility index (Phi) is 5.39. The molecule has 1 aromatic rings. The van der Waals surface area contributed by atoms with Gasteiger partial charge in [-0.25, -0.2) is 4.79 Å². The first-order valence-electron chi connectivity index (χ1n) is 5.66. The van der Waals surface area contributed by atoms with E-state index in [0.29, 0.717) is 0 Å². The summed E-state index contributed by atoms with van der Waals surface area (Å²) in [4.78, 5) is 10.9. The number of ether oxygens (including phenoxy) is 2. The molecule has 0 fully saturated rings. The molecule has 0 saturated carbocycles. The van der Waals surface area contributed by atoms with Crippen LogP contribution in [0, 0.1) is 0 Å². The van der Waals surface area contributed by atoms with Crippen molar-refractivity contribution in [2.75, 3.05) is 14.2 Å². The lowest BCUT2D eigenvalue weighted by atomic mass is 9.95. The molecule has 0 bridgehead atoms. The third kappa shape index (κ3) is 3.89. The van der Waals surface area contributed by atoms with E-state index in [4.69, 9.17) is 4.74 Å². The van der Waals surface area contributed by atoms with Crippen molar-refractivity contribution in [3.05, 3.63) is 42.0 Å². The molecule has 4 nitrogen and oxygen atoms in total. The van der Waals surface area contributed by atoms with Crippen LogP contribution in [-0.4, -0.2) is 31.4 Å². The number of hydrogen-bond donors (Lipinski definition) is 1. The Morgan fingerprint density at radius 2 is 1.89 bits per heavy atom. The van der Waals surface area contributed by atoms with E-state index in [9.17, 15) is 9.90 Å². The van der Waals surface area contributed by atoms with Gasteiger partial charge in [0.25, 0.3) is 0 Å². The Hall–Kier alpha value is -1.81. The van der Waals surface area contributed by atoms with Crippen LogP contribution in [0.5, 0.6) is 5.75 Å². The number of carbonyl (C=O) groups is 1. The van der Waals surface area contributed by atoms with Gasteiger partial charge < -0.3 is 14.6 Å². The maximum Gasteiger partial charge on any atom is 0.330 e. The first-order chi connectivity index (χ1) is 8.58. The first-order valence-corrected chi connectivity index (χ1v) is 5.66. The van der Waals surface area contributed by atoms with Gasteiger partial charge in [0.1, 0.15) is 5.75 Å². The topological polar surface area (TPSA) is 55.8 Å². The average Bonchev–Trinajstić information content (AvgIpc) is 2.43. The van der Waals surface area contributed by atoms with Crippen LogP contribution < -0.4 is 4.74 Å². The van der Waals surface area contributed by atoms with Crippen molar-refractivity contribution in [2.24, 2.45) is 0 Å². The van der Waals surface area contributed by atoms with Crippen LogP contribution in [0.2, 0.25) is 0 Å². The van der Waals surface area contributed by atoms with Crippen molar-refractivity contribution in [1.29, 1.82) is 0 Å². The summed E-state index contributed by atoms with van der Waals surface area (Å²) in [5.41, 5.74) is 0.970. The molecule has 1 aromatic carbocycles. The highest BCUT2D eigenvalue weighted by Crippen LogP contribution is 2.22. The van der Waals surface area contributed by atoms with Gasteiger partial charge in [0, 0.05) is 12.0 Å². The van der Waals surface area contributed by atoms with Gasteiger partial charge in [-0.3, -0.25) is 0 Å². The van der Waals surface area contributed by atoms with Gasteiger partial charge in [-0.15, -0.1) is 0 Å². The molecule has 0 heterocycles. The molecule has 1 N–H and O–H groups in total. The third-order valence-electron chi connectivity index (χ3n) is 2.78. The van der Waals surface area contributed by atoms with Gasteiger partial charge in [0.05, 0.1) is 20.3 Å². The van der Waals surface area contributed by atoms with Crippen LogP contribution in [0.3, 0.4) is 0 Å². The lowest BCUT2D eigenvalue weighted by Gasteiger charge is -2.16. The van der Waals surface area contributed by atoms with Crippen LogP contribution >= 0.6 is 0 Å². The van der Waals surface area contributed by atoms with E-state index in [1.807, 2.05) is 31.2 Å².